The van der Waals surface area contributed by atoms with Crippen LogP contribution in [0.25, 0.3) is 22.3 Å². The van der Waals surface area contributed by atoms with Crippen LogP contribution in [0.2, 0.25) is 0 Å². The third kappa shape index (κ3) is 2.29. The van der Waals surface area contributed by atoms with Gasteiger partial charge in [-0.3, -0.25) is 4.57 Å². The second kappa shape index (κ2) is 5.17. The van der Waals surface area contributed by atoms with Crippen LogP contribution in [0.5, 0.6) is 0 Å². The molecule has 1 fully saturated rings. The Morgan fingerprint density at radius 3 is 3.00 bits per heavy atom. The highest BCUT2D eigenvalue weighted by atomic mass is 16.4. The molecule has 0 spiro atoms. The Kier molecular flexibility index (Phi) is 2.94. The number of rotatable bonds is 4. The molecule has 1 N–H and O–H groups in total. The van der Waals surface area contributed by atoms with Crippen molar-refractivity contribution in [2.75, 3.05) is 5.32 Å². The van der Waals surface area contributed by atoms with Gasteiger partial charge in [-0.25, -0.2) is 19.7 Å². The monoisotopic (exact) mass is 336 g/mol. The van der Waals surface area contributed by atoms with Crippen molar-refractivity contribution in [2.45, 2.75) is 25.4 Å². The number of benzene rings is 1. The lowest BCUT2D eigenvalue weighted by atomic mass is 10.2. The summed E-state index contributed by atoms with van der Waals surface area (Å²) in [5, 5.41) is 3.32. The van der Waals surface area contributed by atoms with Gasteiger partial charge >= 0.3 is 5.76 Å². The molecule has 0 unspecified atom stereocenters. The van der Waals surface area contributed by atoms with Gasteiger partial charge in [0.2, 0.25) is 0 Å². The van der Waals surface area contributed by atoms with Crippen molar-refractivity contribution in [3.05, 3.63) is 47.0 Å². The first-order chi connectivity index (χ1) is 12.2. The minimum absolute atomic E-state index is 0.358. The van der Waals surface area contributed by atoms with Gasteiger partial charge in [0.25, 0.3) is 0 Å². The molecule has 0 atom stereocenters. The lowest BCUT2D eigenvalue weighted by Crippen LogP contribution is -2.08. The standard InChI is InChI=1S/C17H16N6O2/c1-22-12-6-10(2-5-13(12)25-17(22)24)7-18-15-14-16(20-8-19-15)23(9-21-14)11-3-4-11/h2,5-6,8-9,11H,3-4,7H2,1H3,(H,18,19,20). The summed E-state index contributed by atoms with van der Waals surface area (Å²) in [7, 11) is 1.70. The molecule has 0 bridgehead atoms. The smallest absolute Gasteiger partial charge is 0.408 e. The van der Waals surface area contributed by atoms with Crippen molar-refractivity contribution in [1.29, 1.82) is 0 Å². The highest BCUT2D eigenvalue weighted by Gasteiger charge is 2.26. The number of aryl methyl sites for hydroxylation is 1. The molecule has 3 heterocycles. The number of nitrogens with one attached hydrogen (secondary N) is 1. The molecule has 3 aromatic heterocycles. The maximum atomic E-state index is 11.6. The normalized spacial score (nSPS) is 14.4. The Balaban J connectivity index is 1.45. The van der Waals surface area contributed by atoms with Crippen molar-refractivity contribution < 1.29 is 4.42 Å². The molecule has 0 radical (unpaired) electrons. The molecule has 1 saturated carbocycles. The van der Waals surface area contributed by atoms with Gasteiger partial charge in [-0.2, -0.15) is 0 Å². The molecule has 5 rings (SSSR count). The average molecular weight is 336 g/mol. The van der Waals surface area contributed by atoms with Crippen molar-refractivity contribution in [3.8, 4) is 0 Å². The predicted molar refractivity (Wildman–Crippen MR) is 92.4 cm³/mol. The van der Waals surface area contributed by atoms with Crippen molar-refractivity contribution in [2.24, 2.45) is 7.05 Å². The molecule has 1 aromatic carbocycles. The zero-order chi connectivity index (χ0) is 17.0. The summed E-state index contributed by atoms with van der Waals surface area (Å²) in [5.74, 6) is 0.355. The summed E-state index contributed by atoms with van der Waals surface area (Å²) in [4.78, 5) is 24.8. The fraction of sp³-hybridized carbons (Fsp3) is 0.294. The van der Waals surface area contributed by atoms with Gasteiger partial charge in [0.15, 0.2) is 17.0 Å². The van der Waals surface area contributed by atoms with E-state index < -0.39 is 0 Å². The van der Waals surface area contributed by atoms with E-state index >= 15 is 0 Å². The molecule has 0 saturated heterocycles. The minimum atomic E-state index is -0.358. The molecule has 0 amide bonds. The van der Waals surface area contributed by atoms with Crippen LogP contribution in [0.15, 0.2) is 40.1 Å². The summed E-state index contributed by atoms with van der Waals surface area (Å²) in [6.07, 6.45) is 5.77. The topological polar surface area (TPSA) is 90.8 Å². The number of anilines is 1. The zero-order valence-electron chi connectivity index (χ0n) is 13.6. The number of nitrogens with zero attached hydrogens (tertiary/aromatic N) is 5. The quantitative estimate of drug-likeness (QED) is 0.614. The SMILES string of the molecule is Cn1c(=O)oc2ccc(CNc3ncnc4c3ncn4C3CC3)cc21. The molecule has 8 heteroatoms. The number of hydrogen-bond donors (Lipinski definition) is 1. The molecular formula is C17H16N6O2. The maximum Gasteiger partial charge on any atom is 0.419 e. The van der Waals surface area contributed by atoms with E-state index in [2.05, 4.69) is 24.8 Å². The molecule has 126 valence electrons. The van der Waals surface area contributed by atoms with Gasteiger partial charge in [-0.05, 0) is 30.5 Å². The highest BCUT2D eigenvalue weighted by molar-refractivity contribution is 5.83. The van der Waals surface area contributed by atoms with E-state index in [9.17, 15) is 4.79 Å². The van der Waals surface area contributed by atoms with Crippen LogP contribution in [0.4, 0.5) is 5.82 Å². The minimum Gasteiger partial charge on any atom is -0.408 e. The molecule has 1 aliphatic rings. The van der Waals surface area contributed by atoms with E-state index in [1.165, 1.54) is 17.4 Å². The summed E-state index contributed by atoms with van der Waals surface area (Å²) < 4.78 is 8.78. The first kappa shape index (κ1) is 14.2. The van der Waals surface area contributed by atoms with Crippen molar-refractivity contribution in [1.82, 2.24) is 24.1 Å². The molecule has 4 aromatic rings. The van der Waals surface area contributed by atoms with Gasteiger partial charge in [-0.1, -0.05) is 6.07 Å². The summed E-state index contributed by atoms with van der Waals surface area (Å²) >= 11 is 0. The van der Waals surface area contributed by atoms with E-state index in [4.69, 9.17) is 4.42 Å². The van der Waals surface area contributed by atoms with Crippen LogP contribution in [-0.4, -0.2) is 24.1 Å². The number of imidazole rings is 1. The summed E-state index contributed by atoms with van der Waals surface area (Å²) in [6.45, 7) is 0.567. The molecule has 8 nitrogen and oxygen atoms in total. The van der Waals surface area contributed by atoms with Crippen molar-refractivity contribution in [3.63, 3.8) is 0 Å². The van der Waals surface area contributed by atoms with E-state index in [1.807, 2.05) is 24.5 Å². The molecule has 1 aliphatic carbocycles. The van der Waals surface area contributed by atoms with Crippen LogP contribution in [0, 0.1) is 0 Å². The lowest BCUT2D eigenvalue weighted by molar-refractivity contribution is 0.528. The second-order valence-electron chi connectivity index (χ2n) is 6.36. The van der Waals surface area contributed by atoms with Crippen LogP contribution >= 0.6 is 0 Å². The Morgan fingerprint density at radius 1 is 1.28 bits per heavy atom. The Morgan fingerprint density at radius 2 is 2.16 bits per heavy atom. The fourth-order valence-corrected chi connectivity index (χ4v) is 3.07. The Hall–Kier alpha value is -3.16. The van der Waals surface area contributed by atoms with Crippen LogP contribution < -0.4 is 11.1 Å². The fourth-order valence-electron chi connectivity index (χ4n) is 3.07. The van der Waals surface area contributed by atoms with Crippen LogP contribution in [-0.2, 0) is 13.6 Å². The van der Waals surface area contributed by atoms with Gasteiger partial charge < -0.3 is 14.3 Å². The Labute approximate surface area is 142 Å². The zero-order valence-corrected chi connectivity index (χ0v) is 13.6. The van der Waals surface area contributed by atoms with Crippen molar-refractivity contribution >= 4 is 28.1 Å². The van der Waals surface area contributed by atoms with E-state index in [0.717, 1.165) is 22.2 Å². The highest BCUT2D eigenvalue weighted by Crippen LogP contribution is 2.37. The third-order valence-electron chi connectivity index (χ3n) is 4.61. The van der Waals surface area contributed by atoms with E-state index in [1.54, 1.807) is 13.4 Å². The maximum absolute atomic E-state index is 11.6. The first-order valence-electron chi connectivity index (χ1n) is 8.20. The molecular weight excluding hydrogens is 320 g/mol. The predicted octanol–water partition coefficient (Wildman–Crippen LogP) is 2.22. The van der Waals surface area contributed by atoms with Gasteiger partial charge in [0, 0.05) is 19.6 Å². The lowest BCUT2D eigenvalue weighted by Gasteiger charge is -2.07. The number of aromatic nitrogens is 5. The van der Waals surface area contributed by atoms with Gasteiger partial charge in [0.05, 0.1) is 11.8 Å². The number of hydrogen-bond acceptors (Lipinski definition) is 6. The van der Waals surface area contributed by atoms with E-state index in [-0.39, 0.29) is 5.76 Å². The summed E-state index contributed by atoms with van der Waals surface area (Å²) in [6, 6.07) is 6.21. The molecule has 0 aliphatic heterocycles. The first-order valence-corrected chi connectivity index (χ1v) is 8.20. The Bertz CT molecular complexity index is 1150. The summed E-state index contributed by atoms with van der Waals surface area (Å²) in [5.41, 5.74) is 4.04. The van der Waals surface area contributed by atoms with Crippen LogP contribution in [0.3, 0.4) is 0 Å². The molecule has 25 heavy (non-hydrogen) atoms. The van der Waals surface area contributed by atoms with Gasteiger partial charge in [0.1, 0.15) is 11.8 Å². The number of fused-ring (bicyclic) bond motifs is 2. The number of oxazole rings is 1. The van der Waals surface area contributed by atoms with Gasteiger partial charge in [-0.15, -0.1) is 0 Å². The average Bonchev–Trinajstić information content (AvgIpc) is 3.31. The third-order valence-corrected chi connectivity index (χ3v) is 4.61. The largest absolute Gasteiger partial charge is 0.419 e. The second-order valence-corrected chi connectivity index (χ2v) is 6.36. The van der Waals surface area contributed by atoms with Crippen LogP contribution in [0.1, 0.15) is 24.4 Å². The van der Waals surface area contributed by atoms with E-state index in [0.29, 0.717) is 24.0 Å².